The summed E-state index contributed by atoms with van der Waals surface area (Å²) in [6, 6.07) is 7.82. The van der Waals surface area contributed by atoms with E-state index >= 15 is 0 Å². The minimum Gasteiger partial charge on any atom is -0.207 e. The molecule has 0 aliphatic heterocycles. The van der Waals surface area contributed by atoms with Crippen LogP contribution in [0.3, 0.4) is 0 Å². The second-order valence-electron chi connectivity index (χ2n) is 4.09. The Kier molecular flexibility index (Phi) is 3.76. The summed E-state index contributed by atoms with van der Waals surface area (Å²) < 4.78 is 39.7. The van der Waals surface area contributed by atoms with Crippen molar-refractivity contribution in [3.63, 3.8) is 0 Å². The third-order valence-electron chi connectivity index (χ3n) is 2.59. The minimum atomic E-state index is -0.654. The number of hydrogen-bond acceptors (Lipinski definition) is 0. The molecule has 0 aliphatic carbocycles. The van der Waals surface area contributed by atoms with E-state index in [2.05, 4.69) is 15.9 Å². The van der Waals surface area contributed by atoms with Gasteiger partial charge < -0.3 is 0 Å². The van der Waals surface area contributed by atoms with Gasteiger partial charge in [0.25, 0.3) is 0 Å². The Morgan fingerprint density at radius 2 is 1.67 bits per heavy atom. The first-order valence-electron chi connectivity index (χ1n) is 5.33. The Hall–Kier alpha value is -1.29. The molecule has 0 radical (unpaired) electrons. The average molecular weight is 315 g/mol. The predicted octanol–water partition coefficient (Wildman–Crippen LogP) is 4.90. The van der Waals surface area contributed by atoms with Gasteiger partial charge >= 0.3 is 0 Å². The molecule has 1 atom stereocenters. The van der Waals surface area contributed by atoms with Crippen molar-refractivity contribution in [3.8, 4) is 0 Å². The second kappa shape index (κ2) is 5.14. The first-order valence-corrected chi connectivity index (χ1v) is 6.25. The van der Waals surface area contributed by atoms with Gasteiger partial charge in [0, 0.05) is 11.6 Å². The van der Waals surface area contributed by atoms with Gasteiger partial charge in [-0.05, 0) is 36.2 Å². The molecule has 1 unspecified atom stereocenters. The molecule has 0 N–H and O–H groups in total. The number of rotatable bonds is 2. The molecule has 0 saturated carbocycles. The highest BCUT2D eigenvalue weighted by Gasteiger charge is 2.16. The maximum absolute atomic E-state index is 13.6. The van der Waals surface area contributed by atoms with Crippen molar-refractivity contribution >= 4 is 15.9 Å². The van der Waals surface area contributed by atoms with Gasteiger partial charge in [-0.3, -0.25) is 0 Å². The predicted molar refractivity (Wildman–Crippen MR) is 68.3 cm³/mol. The van der Waals surface area contributed by atoms with Crippen LogP contribution in [0.1, 0.15) is 21.5 Å². The van der Waals surface area contributed by atoms with Gasteiger partial charge in [0.15, 0.2) is 0 Å². The fourth-order valence-corrected chi connectivity index (χ4v) is 2.43. The van der Waals surface area contributed by atoms with E-state index in [1.54, 1.807) is 13.0 Å². The van der Waals surface area contributed by atoms with Crippen LogP contribution in [0.5, 0.6) is 0 Å². The maximum atomic E-state index is 13.6. The Morgan fingerprint density at radius 3 is 2.28 bits per heavy atom. The third-order valence-corrected chi connectivity index (χ3v) is 3.61. The van der Waals surface area contributed by atoms with E-state index in [4.69, 9.17) is 0 Å². The van der Waals surface area contributed by atoms with Crippen molar-refractivity contribution in [2.24, 2.45) is 0 Å². The zero-order valence-electron chi connectivity index (χ0n) is 9.55. The lowest BCUT2D eigenvalue weighted by Crippen LogP contribution is -1.98. The summed E-state index contributed by atoms with van der Waals surface area (Å²) in [7, 11) is 0. The number of alkyl halides is 1. The van der Waals surface area contributed by atoms with Crippen molar-refractivity contribution in [1.29, 1.82) is 0 Å². The summed E-state index contributed by atoms with van der Waals surface area (Å²) in [5.74, 6) is -1.66. The van der Waals surface area contributed by atoms with E-state index in [1.807, 2.05) is 0 Å². The van der Waals surface area contributed by atoms with Crippen molar-refractivity contribution in [3.05, 3.63) is 70.5 Å². The molecular weight excluding hydrogens is 305 g/mol. The average Bonchev–Trinajstić information content (AvgIpc) is 2.26. The van der Waals surface area contributed by atoms with E-state index in [1.165, 1.54) is 24.3 Å². The van der Waals surface area contributed by atoms with Crippen LogP contribution in [0.4, 0.5) is 13.2 Å². The Morgan fingerprint density at radius 1 is 0.944 bits per heavy atom. The van der Waals surface area contributed by atoms with Crippen LogP contribution in [0.2, 0.25) is 0 Å². The molecule has 0 amide bonds. The van der Waals surface area contributed by atoms with Crippen LogP contribution < -0.4 is 0 Å². The zero-order chi connectivity index (χ0) is 13.3. The highest BCUT2D eigenvalue weighted by Crippen LogP contribution is 2.33. The Balaban J connectivity index is 2.44. The summed E-state index contributed by atoms with van der Waals surface area (Å²) in [5, 5.41) is 0. The van der Waals surface area contributed by atoms with Gasteiger partial charge in [0.2, 0.25) is 0 Å². The SMILES string of the molecule is Cc1cc(F)cc(C(Br)c2ccc(F)cc2F)c1. The minimum absolute atomic E-state index is 0.279. The number of hydrogen-bond donors (Lipinski definition) is 0. The van der Waals surface area contributed by atoms with Gasteiger partial charge in [-0.25, -0.2) is 13.2 Å². The van der Waals surface area contributed by atoms with Crippen molar-refractivity contribution < 1.29 is 13.2 Å². The lowest BCUT2D eigenvalue weighted by atomic mass is 10.0. The van der Waals surface area contributed by atoms with E-state index in [0.717, 1.165) is 11.6 Å². The van der Waals surface area contributed by atoms with Crippen LogP contribution in [0.25, 0.3) is 0 Å². The van der Waals surface area contributed by atoms with Gasteiger partial charge in [0.05, 0.1) is 4.83 Å². The molecule has 94 valence electrons. The summed E-state index contributed by atoms with van der Waals surface area (Å²) >= 11 is 3.31. The normalized spacial score (nSPS) is 12.5. The molecular formula is C14H10BrF3. The summed E-state index contributed by atoms with van der Waals surface area (Å²) in [5.41, 5.74) is 1.62. The van der Waals surface area contributed by atoms with E-state index < -0.39 is 16.5 Å². The maximum Gasteiger partial charge on any atom is 0.130 e. The molecule has 0 spiro atoms. The lowest BCUT2D eigenvalue weighted by molar-refractivity contribution is 0.574. The molecule has 0 bridgehead atoms. The highest BCUT2D eigenvalue weighted by atomic mass is 79.9. The second-order valence-corrected chi connectivity index (χ2v) is 5.01. The standard InChI is InChI=1S/C14H10BrF3/c1-8-4-9(6-11(17)5-8)14(15)12-3-2-10(16)7-13(12)18/h2-7,14H,1H3. The van der Waals surface area contributed by atoms with E-state index in [0.29, 0.717) is 5.56 Å². The topological polar surface area (TPSA) is 0 Å². The van der Waals surface area contributed by atoms with E-state index in [9.17, 15) is 13.2 Å². The van der Waals surface area contributed by atoms with Crippen molar-refractivity contribution in [2.45, 2.75) is 11.8 Å². The lowest BCUT2D eigenvalue weighted by Gasteiger charge is -2.12. The fourth-order valence-electron chi connectivity index (χ4n) is 1.80. The Labute approximate surface area is 112 Å². The van der Waals surface area contributed by atoms with Gasteiger partial charge in [-0.15, -0.1) is 0 Å². The highest BCUT2D eigenvalue weighted by molar-refractivity contribution is 9.09. The molecule has 2 aromatic carbocycles. The molecule has 0 saturated heterocycles. The molecule has 0 aromatic heterocycles. The zero-order valence-corrected chi connectivity index (χ0v) is 11.1. The van der Waals surface area contributed by atoms with E-state index in [-0.39, 0.29) is 11.4 Å². The first kappa shape index (κ1) is 13.1. The van der Waals surface area contributed by atoms with Gasteiger partial charge in [-0.2, -0.15) is 0 Å². The number of halogens is 4. The summed E-state index contributed by atoms with van der Waals surface area (Å²) in [4.78, 5) is -0.507. The number of aryl methyl sites for hydroxylation is 1. The van der Waals surface area contributed by atoms with Gasteiger partial charge in [-0.1, -0.05) is 28.1 Å². The van der Waals surface area contributed by atoms with Crippen LogP contribution >= 0.6 is 15.9 Å². The fraction of sp³-hybridized carbons (Fsp3) is 0.143. The summed E-state index contributed by atoms with van der Waals surface area (Å²) in [6.45, 7) is 1.76. The quantitative estimate of drug-likeness (QED) is 0.692. The largest absolute Gasteiger partial charge is 0.207 e. The molecule has 2 aromatic rings. The molecule has 0 aliphatic rings. The molecule has 2 rings (SSSR count). The number of benzene rings is 2. The Bertz CT molecular complexity index is 561. The third kappa shape index (κ3) is 2.75. The van der Waals surface area contributed by atoms with Crippen LogP contribution in [0, 0.1) is 24.4 Å². The molecule has 0 fully saturated rings. The van der Waals surface area contributed by atoms with Crippen LogP contribution in [-0.4, -0.2) is 0 Å². The molecule has 0 nitrogen and oxygen atoms in total. The van der Waals surface area contributed by atoms with Crippen molar-refractivity contribution in [2.75, 3.05) is 0 Å². The van der Waals surface area contributed by atoms with Crippen molar-refractivity contribution in [1.82, 2.24) is 0 Å². The van der Waals surface area contributed by atoms with Crippen LogP contribution in [0.15, 0.2) is 36.4 Å². The molecule has 4 heteroatoms. The smallest absolute Gasteiger partial charge is 0.130 e. The summed E-state index contributed by atoms with van der Waals surface area (Å²) in [6.07, 6.45) is 0. The van der Waals surface area contributed by atoms with Crippen LogP contribution in [-0.2, 0) is 0 Å². The monoisotopic (exact) mass is 314 g/mol. The van der Waals surface area contributed by atoms with Gasteiger partial charge in [0.1, 0.15) is 17.5 Å². The first-order chi connectivity index (χ1) is 8.47. The molecule has 0 heterocycles. The molecule has 18 heavy (non-hydrogen) atoms.